The van der Waals surface area contributed by atoms with Crippen molar-refractivity contribution in [2.24, 2.45) is 0 Å². The lowest BCUT2D eigenvalue weighted by molar-refractivity contribution is 0.238. The van der Waals surface area contributed by atoms with E-state index in [1.807, 2.05) is 18.2 Å². The Bertz CT molecular complexity index is 591. The van der Waals surface area contributed by atoms with E-state index in [1.165, 1.54) is 5.56 Å². The van der Waals surface area contributed by atoms with Crippen LogP contribution in [0, 0.1) is 6.92 Å². The van der Waals surface area contributed by atoms with Gasteiger partial charge in [0.1, 0.15) is 0 Å². The first kappa shape index (κ1) is 15.1. The minimum atomic E-state index is 0.962. The summed E-state index contributed by atoms with van der Waals surface area (Å²) >= 11 is 0. The molecule has 4 nitrogen and oxygen atoms in total. The highest BCUT2D eigenvalue weighted by Gasteiger charge is 2.10. The highest BCUT2D eigenvalue weighted by Crippen LogP contribution is 2.18. The maximum Gasteiger partial charge on any atom is 0.0932 e. The molecule has 4 heteroatoms. The van der Waals surface area contributed by atoms with Crippen LogP contribution < -0.4 is 5.32 Å². The molecule has 1 aromatic carbocycles. The van der Waals surface area contributed by atoms with Gasteiger partial charge in [0, 0.05) is 31.7 Å². The first-order valence-corrected chi connectivity index (χ1v) is 8.14. The number of rotatable bonds is 5. The summed E-state index contributed by atoms with van der Waals surface area (Å²) in [5, 5.41) is 12.2. The van der Waals surface area contributed by atoms with Crippen LogP contribution in [-0.4, -0.2) is 47.8 Å². The Kier molecular flexibility index (Phi) is 5.14. The van der Waals surface area contributed by atoms with E-state index >= 15 is 0 Å². The van der Waals surface area contributed by atoms with Gasteiger partial charge < -0.3 is 10.2 Å². The van der Waals surface area contributed by atoms with Crippen molar-refractivity contribution in [3.8, 4) is 11.3 Å². The van der Waals surface area contributed by atoms with Gasteiger partial charge in [0.15, 0.2) is 0 Å². The average molecular weight is 296 g/mol. The van der Waals surface area contributed by atoms with E-state index in [2.05, 4.69) is 45.5 Å². The van der Waals surface area contributed by atoms with Crippen LogP contribution in [0.15, 0.2) is 36.4 Å². The van der Waals surface area contributed by atoms with Crippen molar-refractivity contribution < 1.29 is 0 Å². The first-order valence-electron chi connectivity index (χ1n) is 8.14. The molecular weight excluding hydrogens is 272 g/mol. The largest absolute Gasteiger partial charge is 0.314 e. The van der Waals surface area contributed by atoms with Crippen LogP contribution in [0.4, 0.5) is 0 Å². The summed E-state index contributed by atoms with van der Waals surface area (Å²) < 4.78 is 0. The van der Waals surface area contributed by atoms with Gasteiger partial charge in [0.2, 0.25) is 0 Å². The Morgan fingerprint density at radius 2 is 1.86 bits per heavy atom. The predicted octanol–water partition coefficient (Wildman–Crippen LogP) is 2.29. The lowest BCUT2D eigenvalue weighted by Gasteiger charge is -2.27. The summed E-state index contributed by atoms with van der Waals surface area (Å²) in [5.74, 6) is 0. The molecule has 2 heterocycles. The van der Waals surface area contributed by atoms with Crippen LogP contribution in [0.2, 0.25) is 0 Å². The summed E-state index contributed by atoms with van der Waals surface area (Å²) in [6.07, 6.45) is 2.16. The van der Waals surface area contributed by atoms with Crippen LogP contribution in [0.1, 0.15) is 17.7 Å². The fourth-order valence-electron chi connectivity index (χ4n) is 2.91. The number of piperazine rings is 1. The number of aryl methyl sites for hydroxylation is 2. The maximum atomic E-state index is 4.46. The quantitative estimate of drug-likeness (QED) is 0.919. The molecule has 2 aromatic rings. The Morgan fingerprint density at radius 3 is 2.59 bits per heavy atom. The van der Waals surface area contributed by atoms with Gasteiger partial charge >= 0.3 is 0 Å². The molecule has 1 fully saturated rings. The summed E-state index contributed by atoms with van der Waals surface area (Å²) in [6.45, 7) is 7.86. The predicted molar refractivity (Wildman–Crippen MR) is 89.8 cm³/mol. The van der Waals surface area contributed by atoms with Crippen LogP contribution >= 0.6 is 0 Å². The van der Waals surface area contributed by atoms with Gasteiger partial charge in [0.05, 0.1) is 11.4 Å². The molecule has 0 spiro atoms. The molecule has 0 unspecified atom stereocenters. The zero-order chi connectivity index (χ0) is 15.2. The van der Waals surface area contributed by atoms with Crippen molar-refractivity contribution in [1.29, 1.82) is 0 Å². The summed E-state index contributed by atoms with van der Waals surface area (Å²) in [4.78, 5) is 2.53. The fourth-order valence-corrected chi connectivity index (χ4v) is 2.91. The van der Waals surface area contributed by atoms with Crippen LogP contribution in [0.25, 0.3) is 11.3 Å². The third-order valence-corrected chi connectivity index (χ3v) is 4.25. The molecular formula is C18H24N4. The lowest BCUT2D eigenvalue weighted by atomic mass is 10.1. The van der Waals surface area contributed by atoms with E-state index in [1.54, 1.807) is 0 Å². The Balaban J connectivity index is 1.58. The second-order valence-electron chi connectivity index (χ2n) is 5.92. The van der Waals surface area contributed by atoms with Crippen molar-refractivity contribution in [2.45, 2.75) is 19.8 Å². The van der Waals surface area contributed by atoms with Gasteiger partial charge in [0.25, 0.3) is 0 Å². The SMILES string of the molecule is Cc1cc(-c2ccccc2)nnc1CCCN1CCNCC1. The van der Waals surface area contributed by atoms with Gasteiger partial charge in [-0.25, -0.2) is 0 Å². The van der Waals surface area contributed by atoms with E-state index in [0.717, 1.165) is 62.5 Å². The molecule has 0 aliphatic carbocycles. The minimum absolute atomic E-state index is 0.962. The van der Waals surface area contributed by atoms with E-state index in [-0.39, 0.29) is 0 Å². The van der Waals surface area contributed by atoms with E-state index in [0.29, 0.717) is 0 Å². The standard InChI is InChI=1S/C18H24N4/c1-15-14-18(16-6-3-2-4-7-16)21-20-17(15)8-5-11-22-12-9-19-10-13-22/h2-4,6-7,14,19H,5,8-13H2,1H3. The molecule has 0 atom stereocenters. The molecule has 1 aromatic heterocycles. The molecule has 116 valence electrons. The van der Waals surface area contributed by atoms with E-state index < -0.39 is 0 Å². The molecule has 3 rings (SSSR count). The molecule has 22 heavy (non-hydrogen) atoms. The van der Waals surface area contributed by atoms with Crippen molar-refractivity contribution in [1.82, 2.24) is 20.4 Å². The smallest absolute Gasteiger partial charge is 0.0932 e. The van der Waals surface area contributed by atoms with Crippen molar-refractivity contribution >= 4 is 0 Å². The zero-order valence-electron chi connectivity index (χ0n) is 13.3. The van der Waals surface area contributed by atoms with Gasteiger partial charge in [-0.2, -0.15) is 10.2 Å². The van der Waals surface area contributed by atoms with Crippen molar-refractivity contribution in [3.63, 3.8) is 0 Å². The Hall–Kier alpha value is -1.78. The van der Waals surface area contributed by atoms with Crippen LogP contribution in [-0.2, 0) is 6.42 Å². The second-order valence-corrected chi connectivity index (χ2v) is 5.92. The van der Waals surface area contributed by atoms with Gasteiger partial charge in [-0.3, -0.25) is 0 Å². The normalized spacial score (nSPS) is 15.9. The number of nitrogens with zero attached hydrogens (tertiary/aromatic N) is 3. The zero-order valence-corrected chi connectivity index (χ0v) is 13.3. The molecule has 1 aliphatic heterocycles. The third-order valence-electron chi connectivity index (χ3n) is 4.25. The monoisotopic (exact) mass is 296 g/mol. The summed E-state index contributed by atoms with van der Waals surface area (Å²) in [7, 11) is 0. The van der Waals surface area contributed by atoms with E-state index in [9.17, 15) is 0 Å². The van der Waals surface area contributed by atoms with Gasteiger partial charge in [-0.15, -0.1) is 0 Å². The minimum Gasteiger partial charge on any atom is -0.314 e. The number of hydrogen-bond acceptors (Lipinski definition) is 4. The van der Waals surface area contributed by atoms with E-state index in [4.69, 9.17) is 0 Å². The first-order chi connectivity index (χ1) is 10.8. The van der Waals surface area contributed by atoms with Crippen LogP contribution in [0.3, 0.4) is 0 Å². The highest BCUT2D eigenvalue weighted by molar-refractivity contribution is 5.59. The third kappa shape index (κ3) is 3.90. The van der Waals surface area contributed by atoms with Gasteiger partial charge in [-0.05, 0) is 37.9 Å². The fraction of sp³-hybridized carbons (Fsp3) is 0.444. The Labute approximate surface area is 132 Å². The molecule has 1 saturated heterocycles. The molecule has 1 aliphatic rings. The molecule has 0 radical (unpaired) electrons. The van der Waals surface area contributed by atoms with Gasteiger partial charge in [-0.1, -0.05) is 30.3 Å². The van der Waals surface area contributed by atoms with Crippen molar-refractivity contribution in [2.75, 3.05) is 32.7 Å². The maximum absolute atomic E-state index is 4.46. The highest BCUT2D eigenvalue weighted by atomic mass is 15.2. The number of benzene rings is 1. The van der Waals surface area contributed by atoms with Crippen LogP contribution in [0.5, 0.6) is 0 Å². The average Bonchev–Trinajstić information content (AvgIpc) is 2.58. The van der Waals surface area contributed by atoms with Crippen molar-refractivity contribution in [3.05, 3.63) is 47.7 Å². The number of nitrogens with one attached hydrogen (secondary N) is 1. The molecule has 0 bridgehead atoms. The second kappa shape index (κ2) is 7.47. The summed E-state index contributed by atoms with van der Waals surface area (Å²) in [5.41, 5.74) is 4.47. The molecule has 1 N–H and O–H groups in total. The number of hydrogen-bond donors (Lipinski definition) is 1. The molecule has 0 saturated carbocycles. The topological polar surface area (TPSA) is 41.1 Å². The lowest BCUT2D eigenvalue weighted by Crippen LogP contribution is -2.43. The Morgan fingerprint density at radius 1 is 1.09 bits per heavy atom. The summed E-state index contributed by atoms with van der Waals surface area (Å²) in [6, 6.07) is 12.4. The molecule has 0 amide bonds. The number of aromatic nitrogens is 2.